The smallest absolute Gasteiger partial charge is 0.225 e. The van der Waals surface area contributed by atoms with Gasteiger partial charge in [0.1, 0.15) is 5.82 Å². The molecular formula is C16H21FN2O3. The lowest BCUT2D eigenvalue weighted by Gasteiger charge is -2.38. The van der Waals surface area contributed by atoms with Gasteiger partial charge in [-0.2, -0.15) is 0 Å². The summed E-state index contributed by atoms with van der Waals surface area (Å²) in [5.41, 5.74) is 0.767. The van der Waals surface area contributed by atoms with Crippen LogP contribution < -0.4 is 5.32 Å². The van der Waals surface area contributed by atoms with Gasteiger partial charge in [0.2, 0.25) is 11.8 Å². The zero-order valence-electron chi connectivity index (χ0n) is 12.8. The van der Waals surface area contributed by atoms with Crippen LogP contribution in [0.3, 0.4) is 0 Å². The van der Waals surface area contributed by atoms with Gasteiger partial charge in [-0.25, -0.2) is 4.39 Å². The second kappa shape index (κ2) is 7.35. The van der Waals surface area contributed by atoms with Crippen LogP contribution in [0.5, 0.6) is 0 Å². The number of rotatable bonds is 5. The average Bonchev–Trinajstić information content (AvgIpc) is 2.51. The van der Waals surface area contributed by atoms with E-state index in [-0.39, 0.29) is 29.6 Å². The highest BCUT2D eigenvalue weighted by atomic mass is 19.1. The topological polar surface area (TPSA) is 58.6 Å². The van der Waals surface area contributed by atoms with E-state index in [9.17, 15) is 14.0 Å². The second-order valence-electron chi connectivity index (χ2n) is 5.43. The van der Waals surface area contributed by atoms with Crippen LogP contribution in [-0.4, -0.2) is 44.0 Å². The lowest BCUT2D eigenvalue weighted by molar-refractivity contribution is -0.141. The Morgan fingerprint density at radius 2 is 2.09 bits per heavy atom. The molecule has 0 saturated carbocycles. The van der Waals surface area contributed by atoms with Crippen LogP contribution in [-0.2, 0) is 14.3 Å². The lowest BCUT2D eigenvalue weighted by Crippen LogP contribution is -2.46. The van der Waals surface area contributed by atoms with Crippen molar-refractivity contribution in [2.45, 2.75) is 18.9 Å². The number of benzene rings is 1. The maximum Gasteiger partial charge on any atom is 0.225 e. The van der Waals surface area contributed by atoms with Gasteiger partial charge in [-0.15, -0.1) is 0 Å². The fraction of sp³-hybridized carbons (Fsp3) is 0.500. The van der Waals surface area contributed by atoms with Crippen molar-refractivity contribution in [3.63, 3.8) is 0 Å². The highest BCUT2D eigenvalue weighted by Crippen LogP contribution is 2.35. The molecule has 22 heavy (non-hydrogen) atoms. The first-order chi connectivity index (χ1) is 10.5. The average molecular weight is 308 g/mol. The van der Waals surface area contributed by atoms with E-state index in [1.54, 1.807) is 31.2 Å². The fourth-order valence-corrected chi connectivity index (χ4v) is 2.84. The normalized spacial score (nSPS) is 21.8. The van der Waals surface area contributed by atoms with Gasteiger partial charge in [-0.3, -0.25) is 9.59 Å². The minimum absolute atomic E-state index is 0.00438. The minimum Gasteiger partial charge on any atom is -0.383 e. The Morgan fingerprint density at radius 3 is 2.73 bits per heavy atom. The van der Waals surface area contributed by atoms with Gasteiger partial charge < -0.3 is 15.0 Å². The summed E-state index contributed by atoms with van der Waals surface area (Å²) in [5.74, 6) is -0.791. The number of nitrogens with one attached hydrogen (secondary N) is 1. The number of piperidine rings is 1. The van der Waals surface area contributed by atoms with Gasteiger partial charge in [0.25, 0.3) is 0 Å². The third-order valence-corrected chi connectivity index (χ3v) is 4.01. The number of hydrogen-bond acceptors (Lipinski definition) is 3. The predicted octanol–water partition coefficient (Wildman–Crippen LogP) is 1.50. The number of amides is 2. The van der Waals surface area contributed by atoms with E-state index in [4.69, 9.17) is 4.74 Å². The van der Waals surface area contributed by atoms with Crippen molar-refractivity contribution < 1.29 is 18.7 Å². The predicted molar refractivity (Wildman–Crippen MR) is 79.5 cm³/mol. The number of carbonyl (C=O) groups excluding carboxylic acids is 2. The maximum absolute atomic E-state index is 13.1. The molecule has 1 aromatic carbocycles. The third kappa shape index (κ3) is 3.62. The zero-order chi connectivity index (χ0) is 16.1. The van der Waals surface area contributed by atoms with Crippen molar-refractivity contribution in [3.05, 3.63) is 35.6 Å². The van der Waals surface area contributed by atoms with Gasteiger partial charge >= 0.3 is 0 Å². The van der Waals surface area contributed by atoms with E-state index >= 15 is 0 Å². The molecule has 1 fully saturated rings. The van der Waals surface area contributed by atoms with Crippen molar-refractivity contribution in [1.29, 1.82) is 0 Å². The SMILES string of the molecule is COCCNC(=O)[C@H]1CCC(=O)N(C)[C@@H]1c1ccc(F)cc1. The molecule has 0 spiro atoms. The summed E-state index contributed by atoms with van der Waals surface area (Å²) in [7, 11) is 3.26. The van der Waals surface area contributed by atoms with Crippen molar-refractivity contribution in [1.82, 2.24) is 10.2 Å². The Bertz CT molecular complexity index is 533. The van der Waals surface area contributed by atoms with E-state index in [0.717, 1.165) is 5.56 Å². The standard InChI is InChI=1S/C16H21FN2O3/c1-19-14(20)8-7-13(16(21)18-9-10-22-2)15(19)11-3-5-12(17)6-4-11/h3-6,13,15H,7-10H2,1-2H3,(H,18,21)/t13-,15+/m0/s1. The molecule has 1 heterocycles. The Labute approximate surface area is 129 Å². The van der Waals surface area contributed by atoms with E-state index in [1.165, 1.54) is 12.1 Å². The van der Waals surface area contributed by atoms with Gasteiger partial charge in [-0.05, 0) is 24.1 Å². The summed E-state index contributed by atoms with van der Waals surface area (Å²) in [6, 6.07) is 5.59. The van der Waals surface area contributed by atoms with E-state index in [0.29, 0.717) is 26.0 Å². The molecule has 0 aromatic heterocycles. The summed E-state index contributed by atoms with van der Waals surface area (Å²) in [5, 5.41) is 2.82. The highest BCUT2D eigenvalue weighted by molar-refractivity contribution is 5.84. The largest absolute Gasteiger partial charge is 0.383 e. The molecule has 0 radical (unpaired) electrons. The molecule has 1 aromatic rings. The van der Waals surface area contributed by atoms with Crippen molar-refractivity contribution in [3.8, 4) is 0 Å². The first-order valence-electron chi connectivity index (χ1n) is 7.32. The summed E-state index contributed by atoms with van der Waals surface area (Å²) in [6.45, 7) is 0.869. The Morgan fingerprint density at radius 1 is 1.41 bits per heavy atom. The van der Waals surface area contributed by atoms with Crippen LogP contribution in [0.2, 0.25) is 0 Å². The molecule has 6 heteroatoms. The maximum atomic E-state index is 13.1. The molecule has 120 valence electrons. The van der Waals surface area contributed by atoms with Crippen LogP contribution in [0, 0.1) is 11.7 Å². The zero-order valence-corrected chi connectivity index (χ0v) is 12.8. The molecular weight excluding hydrogens is 287 g/mol. The van der Waals surface area contributed by atoms with Crippen LogP contribution >= 0.6 is 0 Å². The first-order valence-corrected chi connectivity index (χ1v) is 7.32. The minimum atomic E-state index is -0.371. The van der Waals surface area contributed by atoms with Crippen molar-refractivity contribution in [2.75, 3.05) is 27.3 Å². The van der Waals surface area contributed by atoms with Gasteiger partial charge in [-0.1, -0.05) is 12.1 Å². The Balaban J connectivity index is 2.20. The van der Waals surface area contributed by atoms with E-state index in [1.807, 2.05) is 0 Å². The van der Waals surface area contributed by atoms with Crippen LogP contribution in [0.15, 0.2) is 24.3 Å². The molecule has 0 unspecified atom stereocenters. The molecule has 1 saturated heterocycles. The summed E-state index contributed by atoms with van der Waals surface area (Å²) in [4.78, 5) is 26.0. The molecule has 2 amide bonds. The Hall–Kier alpha value is -1.95. The number of methoxy groups -OCH3 is 1. The summed E-state index contributed by atoms with van der Waals surface area (Å²) < 4.78 is 18.0. The first kappa shape index (κ1) is 16.4. The van der Waals surface area contributed by atoms with Crippen LogP contribution in [0.1, 0.15) is 24.4 Å². The number of likely N-dealkylation sites (tertiary alicyclic amines) is 1. The molecule has 5 nitrogen and oxygen atoms in total. The molecule has 0 aliphatic carbocycles. The molecule has 0 bridgehead atoms. The third-order valence-electron chi connectivity index (χ3n) is 4.01. The molecule has 1 N–H and O–H groups in total. The molecule has 2 rings (SSSR count). The number of nitrogens with zero attached hydrogens (tertiary/aromatic N) is 1. The number of hydrogen-bond donors (Lipinski definition) is 1. The van der Waals surface area contributed by atoms with Crippen molar-refractivity contribution >= 4 is 11.8 Å². The van der Waals surface area contributed by atoms with Gasteiger partial charge in [0.05, 0.1) is 18.6 Å². The lowest BCUT2D eigenvalue weighted by atomic mass is 9.84. The number of ether oxygens (including phenoxy) is 1. The molecule has 1 aliphatic heterocycles. The van der Waals surface area contributed by atoms with E-state index in [2.05, 4.69) is 5.32 Å². The highest BCUT2D eigenvalue weighted by Gasteiger charge is 2.38. The summed E-state index contributed by atoms with van der Waals surface area (Å²) in [6.07, 6.45) is 0.834. The second-order valence-corrected chi connectivity index (χ2v) is 5.43. The summed E-state index contributed by atoms with van der Waals surface area (Å²) >= 11 is 0. The number of carbonyl (C=O) groups is 2. The van der Waals surface area contributed by atoms with Gasteiger partial charge in [0.15, 0.2) is 0 Å². The molecule has 2 atom stereocenters. The number of halogens is 1. The van der Waals surface area contributed by atoms with Gasteiger partial charge in [0, 0.05) is 27.1 Å². The van der Waals surface area contributed by atoms with Crippen molar-refractivity contribution in [2.24, 2.45) is 5.92 Å². The van der Waals surface area contributed by atoms with E-state index < -0.39 is 0 Å². The van der Waals surface area contributed by atoms with Crippen LogP contribution in [0.4, 0.5) is 4.39 Å². The Kier molecular flexibility index (Phi) is 5.49. The molecule has 1 aliphatic rings. The monoisotopic (exact) mass is 308 g/mol. The quantitative estimate of drug-likeness (QED) is 0.839. The fourth-order valence-electron chi connectivity index (χ4n) is 2.84. The van der Waals surface area contributed by atoms with Crippen LogP contribution in [0.25, 0.3) is 0 Å².